The van der Waals surface area contributed by atoms with Crippen molar-refractivity contribution < 1.29 is 4.74 Å². The summed E-state index contributed by atoms with van der Waals surface area (Å²) in [5.74, 6) is 2.77. The van der Waals surface area contributed by atoms with Crippen LogP contribution in [0, 0.1) is 11.8 Å². The van der Waals surface area contributed by atoms with Crippen LogP contribution in [0.15, 0.2) is 24.3 Å². The zero-order valence-corrected chi connectivity index (χ0v) is 11.9. The third kappa shape index (κ3) is 2.63. The maximum absolute atomic E-state index is 5.45. The van der Waals surface area contributed by atoms with Crippen molar-refractivity contribution >= 4 is 0 Å². The molecule has 0 amide bonds. The topological polar surface area (TPSA) is 24.5 Å². The molecule has 2 saturated heterocycles. The third-order valence-electron chi connectivity index (χ3n) is 4.75. The summed E-state index contributed by atoms with van der Waals surface area (Å²) in [6.45, 7) is 7.29. The maximum Gasteiger partial charge on any atom is 0.122 e. The zero-order chi connectivity index (χ0) is 13.2. The Hall–Kier alpha value is -1.06. The number of nitrogens with zero attached hydrogens (tertiary/aromatic N) is 1. The van der Waals surface area contributed by atoms with Crippen molar-refractivity contribution in [3.05, 3.63) is 29.8 Å². The lowest BCUT2D eigenvalue weighted by atomic mass is 10.0. The van der Waals surface area contributed by atoms with Gasteiger partial charge in [0, 0.05) is 19.1 Å². The van der Waals surface area contributed by atoms with Gasteiger partial charge in [0.05, 0.1) is 7.11 Å². The molecule has 3 rings (SSSR count). The first-order chi connectivity index (χ1) is 9.28. The summed E-state index contributed by atoms with van der Waals surface area (Å²) < 4.78 is 5.45. The molecule has 19 heavy (non-hydrogen) atoms. The van der Waals surface area contributed by atoms with Crippen LogP contribution in [0.25, 0.3) is 0 Å². The first-order valence-electron chi connectivity index (χ1n) is 7.34. The van der Waals surface area contributed by atoms with Crippen LogP contribution in [0.3, 0.4) is 0 Å². The van der Waals surface area contributed by atoms with Crippen molar-refractivity contribution in [2.24, 2.45) is 11.8 Å². The van der Waals surface area contributed by atoms with Crippen LogP contribution < -0.4 is 10.1 Å². The van der Waals surface area contributed by atoms with Crippen molar-refractivity contribution in [1.29, 1.82) is 0 Å². The van der Waals surface area contributed by atoms with Gasteiger partial charge in [0.25, 0.3) is 0 Å². The first-order valence-corrected chi connectivity index (χ1v) is 7.34. The fourth-order valence-electron chi connectivity index (χ4n) is 3.57. The molecule has 3 heteroatoms. The van der Waals surface area contributed by atoms with Gasteiger partial charge in [-0.2, -0.15) is 0 Å². The molecule has 0 bridgehead atoms. The predicted molar refractivity (Wildman–Crippen MR) is 77.6 cm³/mol. The van der Waals surface area contributed by atoms with E-state index < -0.39 is 0 Å². The first kappa shape index (κ1) is 12.9. The van der Waals surface area contributed by atoms with Crippen LogP contribution in [0.4, 0.5) is 0 Å². The smallest absolute Gasteiger partial charge is 0.122 e. The van der Waals surface area contributed by atoms with Crippen LogP contribution >= 0.6 is 0 Å². The summed E-state index contributed by atoms with van der Waals surface area (Å²) in [5, 5.41) is 3.51. The molecule has 2 fully saturated rings. The van der Waals surface area contributed by atoms with Crippen molar-refractivity contribution in [1.82, 2.24) is 10.2 Å². The highest BCUT2D eigenvalue weighted by molar-refractivity contribution is 5.33. The largest absolute Gasteiger partial charge is 0.496 e. The van der Waals surface area contributed by atoms with Crippen LogP contribution in [-0.2, 0) is 6.42 Å². The normalized spacial score (nSPS) is 28.3. The average Bonchev–Trinajstić information content (AvgIpc) is 3.00. The molecule has 1 aromatic rings. The summed E-state index contributed by atoms with van der Waals surface area (Å²) in [7, 11) is 1.76. The highest BCUT2D eigenvalue weighted by atomic mass is 16.5. The molecule has 0 aromatic heterocycles. The summed E-state index contributed by atoms with van der Waals surface area (Å²) in [5.41, 5.74) is 1.33. The number of benzene rings is 1. The number of rotatable bonds is 4. The number of likely N-dealkylation sites (tertiary alicyclic amines) is 1. The van der Waals surface area contributed by atoms with E-state index in [2.05, 4.69) is 35.3 Å². The molecule has 104 valence electrons. The molecule has 1 aromatic carbocycles. The molecule has 1 unspecified atom stereocenters. The Balaban J connectivity index is 1.63. The minimum Gasteiger partial charge on any atom is -0.496 e. The van der Waals surface area contributed by atoms with E-state index in [0.29, 0.717) is 6.04 Å². The number of ether oxygens (including phenoxy) is 1. The second-order valence-electron chi connectivity index (χ2n) is 6.00. The minimum absolute atomic E-state index is 0.599. The van der Waals surface area contributed by atoms with E-state index in [4.69, 9.17) is 4.74 Å². The Labute approximate surface area is 115 Å². The highest BCUT2D eigenvalue weighted by Gasteiger charge is 2.37. The van der Waals surface area contributed by atoms with Crippen molar-refractivity contribution in [2.75, 3.05) is 33.3 Å². The SMILES string of the molecule is COc1ccccc1CC(C)N1C[C@H]2CNC[C@H]2C1. The summed E-state index contributed by atoms with van der Waals surface area (Å²) in [6, 6.07) is 8.99. The quantitative estimate of drug-likeness (QED) is 0.893. The van der Waals surface area contributed by atoms with Gasteiger partial charge in [-0.05, 0) is 49.9 Å². The van der Waals surface area contributed by atoms with Gasteiger partial charge in [-0.15, -0.1) is 0 Å². The van der Waals surface area contributed by atoms with Gasteiger partial charge in [0.2, 0.25) is 0 Å². The minimum atomic E-state index is 0.599. The molecular formula is C16H24N2O. The van der Waals surface area contributed by atoms with Crippen molar-refractivity contribution in [2.45, 2.75) is 19.4 Å². The van der Waals surface area contributed by atoms with Crippen molar-refractivity contribution in [3.63, 3.8) is 0 Å². The number of fused-ring (bicyclic) bond motifs is 1. The monoisotopic (exact) mass is 260 g/mol. The van der Waals surface area contributed by atoms with E-state index in [1.54, 1.807) is 7.11 Å². The number of hydrogen-bond acceptors (Lipinski definition) is 3. The van der Waals surface area contributed by atoms with E-state index in [1.165, 1.54) is 31.7 Å². The number of methoxy groups -OCH3 is 1. The average molecular weight is 260 g/mol. The number of hydrogen-bond donors (Lipinski definition) is 1. The molecule has 3 atom stereocenters. The molecule has 1 N–H and O–H groups in total. The Morgan fingerprint density at radius 2 is 1.95 bits per heavy atom. The molecule has 3 nitrogen and oxygen atoms in total. The predicted octanol–water partition coefficient (Wildman–Crippen LogP) is 1.78. The number of nitrogens with one attached hydrogen (secondary N) is 1. The molecule has 0 saturated carbocycles. The van der Waals surface area contributed by atoms with Gasteiger partial charge in [-0.1, -0.05) is 18.2 Å². The fraction of sp³-hybridized carbons (Fsp3) is 0.625. The molecular weight excluding hydrogens is 236 g/mol. The molecule has 0 radical (unpaired) electrons. The maximum atomic E-state index is 5.45. The lowest BCUT2D eigenvalue weighted by Gasteiger charge is -2.25. The summed E-state index contributed by atoms with van der Waals surface area (Å²) in [6.07, 6.45) is 1.08. The summed E-state index contributed by atoms with van der Waals surface area (Å²) in [4.78, 5) is 2.66. The highest BCUT2D eigenvalue weighted by Crippen LogP contribution is 2.29. The van der Waals surface area contributed by atoms with Crippen LogP contribution in [0.5, 0.6) is 5.75 Å². The summed E-state index contributed by atoms with van der Waals surface area (Å²) >= 11 is 0. The number of para-hydroxylation sites is 1. The van der Waals surface area contributed by atoms with Gasteiger partial charge in [-0.3, -0.25) is 4.90 Å². The van der Waals surface area contributed by atoms with E-state index in [-0.39, 0.29) is 0 Å². The van der Waals surface area contributed by atoms with E-state index >= 15 is 0 Å². The Kier molecular flexibility index (Phi) is 3.76. The Bertz CT molecular complexity index is 423. The van der Waals surface area contributed by atoms with Crippen LogP contribution in [0.2, 0.25) is 0 Å². The lowest BCUT2D eigenvalue weighted by molar-refractivity contribution is 0.238. The lowest BCUT2D eigenvalue weighted by Crippen LogP contribution is -2.35. The van der Waals surface area contributed by atoms with Gasteiger partial charge in [0.15, 0.2) is 0 Å². The van der Waals surface area contributed by atoms with Gasteiger partial charge < -0.3 is 10.1 Å². The Morgan fingerprint density at radius 1 is 1.26 bits per heavy atom. The van der Waals surface area contributed by atoms with E-state index in [1.807, 2.05) is 6.07 Å². The van der Waals surface area contributed by atoms with Gasteiger partial charge in [-0.25, -0.2) is 0 Å². The molecule has 2 aliphatic heterocycles. The van der Waals surface area contributed by atoms with Crippen LogP contribution in [-0.4, -0.2) is 44.2 Å². The molecule has 0 aliphatic carbocycles. The molecule has 0 spiro atoms. The second-order valence-corrected chi connectivity index (χ2v) is 6.00. The third-order valence-corrected chi connectivity index (χ3v) is 4.75. The zero-order valence-electron chi connectivity index (χ0n) is 11.9. The standard InChI is InChI=1S/C16H24N2O/c1-12(7-13-5-3-4-6-16(13)19-2)18-10-14-8-17-9-15(14)11-18/h3-6,12,14-15,17H,7-11H2,1-2H3/t12?,14-,15+. The van der Waals surface area contributed by atoms with Gasteiger partial charge >= 0.3 is 0 Å². The van der Waals surface area contributed by atoms with Gasteiger partial charge in [0.1, 0.15) is 5.75 Å². The molecule has 2 aliphatic rings. The Morgan fingerprint density at radius 3 is 2.63 bits per heavy atom. The van der Waals surface area contributed by atoms with Crippen LogP contribution in [0.1, 0.15) is 12.5 Å². The second kappa shape index (κ2) is 5.51. The van der Waals surface area contributed by atoms with E-state index in [0.717, 1.165) is 24.0 Å². The van der Waals surface area contributed by atoms with Crippen molar-refractivity contribution in [3.8, 4) is 5.75 Å². The fourth-order valence-corrected chi connectivity index (χ4v) is 3.57. The molecule has 2 heterocycles. The van der Waals surface area contributed by atoms with E-state index in [9.17, 15) is 0 Å².